The summed E-state index contributed by atoms with van der Waals surface area (Å²) in [5.74, 6) is 1.59. The molecule has 0 bridgehead atoms. The Morgan fingerprint density at radius 2 is 1.86 bits per heavy atom. The van der Waals surface area contributed by atoms with E-state index in [2.05, 4.69) is 35.0 Å². The SMILES string of the molecule is COc1cc2c(cc1OC)C(C)(CCCCCBr)OCC2. The number of rotatable bonds is 7. The van der Waals surface area contributed by atoms with Crippen LogP contribution in [-0.4, -0.2) is 26.2 Å². The maximum atomic E-state index is 6.14. The number of halogens is 1. The van der Waals surface area contributed by atoms with Crippen LogP contribution < -0.4 is 9.47 Å². The van der Waals surface area contributed by atoms with E-state index in [4.69, 9.17) is 14.2 Å². The van der Waals surface area contributed by atoms with Gasteiger partial charge in [0.25, 0.3) is 0 Å². The molecule has 0 fully saturated rings. The van der Waals surface area contributed by atoms with Gasteiger partial charge in [-0.25, -0.2) is 0 Å². The summed E-state index contributed by atoms with van der Waals surface area (Å²) in [6.07, 6.45) is 5.60. The van der Waals surface area contributed by atoms with Crippen molar-refractivity contribution < 1.29 is 14.2 Å². The lowest BCUT2D eigenvalue weighted by atomic mass is 9.83. The van der Waals surface area contributed by atoms with Crippen molar-refractivity contribution in [1.82, 2.24) is 0 Å². The lowest BCUT2D eigenvalue weighted by molar-refractivity contribution is -0.0539. The first kappa shape index (κ1) is 16.6. The van der Waals surface area contributed by atoms with Crippen molar-refractivity contribution in [2.24, 2.45) is 0 Å². The fourth-order valence-corrected chi connectivity index (χ4v) is 3.42. The third-order valence-electron chi connectivity index (χ3n) is 4.26. The topological polar surface area (TPSA) is 27.7 Å². The number of fused-ring (bicyclic) bond motifs is 1. The first-order valence-electron chi connectivity index (χ1n) is 7.60. The van der Waals surface area contributed by atoms with Crippen LogP contribution in [0, 0.1) is 0 Å². The van der Waals surface area contributed by atoms with Crippen LogP contribution in [-0.2, 0) is 16.8 Å². The van der Waals surface area contributed by atoms with Crippen LogP contribution >= 0.6 is 15.9 Å². The van der Waals surface area contributed by atoms with E-state index in [0.717, 1.165) is 36.3 Å². The monoisotopic (exact) mass is 356 g/mol. The highest BCUT2D eigenvalue weighted by Gasteiger charge is 2.33. The number of alkyl halides is 1. The molecule has 1 aromatic carbocycles. The van der Waals surface area contributed by atoms with Gasteiger partial charge in [-0.05, 0) is 49.4 Å². The molecule has 1 heterocycles. The molecule has 1 atom stereocenters. The first-order valence-corrected chi connectivity index (χ1v) is 8.72. The second kappa shape index (κ2) is 7.50. The number of ether oxygens (including phenoxy) is 3. The molecule has 2 rings (SSSR count). The van der Waals surface area contributed by atoms with Gasteiger partial charge in [0.2, 0.25) is 0 Å². The maximum absolute atomic E-state index is 6.14. The Labute approximate surface area is 136 Å². The molecular formula is C17H25BrO3. The number of unbranched alkanes of at least 4 members (excludes halogenated alkanes) is 2. The van der Waals surface area contributed by atoms with Gasteiger partial charge in [0, 0.05) is 5.33 Å². The quantitative estimate of drug-likeness (QED) is 0.533. The van der Waals surface area contributed by atoms with Gasteiger partial charge in [-0.15, -0.1) is 0 Å². The Morgan fingerprint density at radius 3 is 2.52 bits per heavy atom. The summed E-state index contributed by atoms with van der Waals surface area (Å²) in [4.78, 5) is 0. The van der Waals surface area contributed by atoms with Gasteiger partial charge in [0.1, 0.15) is 0 Å². The third-order valence-corrected chi connectivity index (χ3v) is 4.82. The molecule has 1 unspecified atom stereocenters. The van der Waals surface area contributed by atoms with Crippen LogP contribution in [0.3, 0.4) is 0 Å². The molecular weight excluding hydrogens is 332 g/mol. The van der Waals surface area contributed by atoms with Gasteiger partial charge in [-0.3, -0.25) is 0 Å². The van der Waals surface area contributed by atoms with Gasteiger partial charge >= 0.3 is 0 Å². The molecule has 3 nitrogen and oxygen atoms in total. The minimum atomic E-state index is -0.209. The standard InChI is InChI=1S/C17H25BrO3/c1-17(8-5-4-6-9-18)14-12-16(20-3)15(19-2)11-13(14)7-10-21-17/h11-12H,4-10H2,1-3H3. The van der Waals surface area contributed by atoms with Crippen LogP contribution in [0.5, 0.6) is 11.5 Å². The van der Waals surface area contributed by atoms with Gasteiger partial charge in [0.05, 0.1) is 26.4 Å². The fraction of sp³-hybridized carbons (Fsp3) is 0.647. The Bertz CT molecular complexity index is 475. The average Bonchev–Trinajstić information content (AvgIpc) is 2.51. The Kier molecular flexibility index (Phi) is 5.94. The second-order valence-corrected chi connectivity index (χ2v) is 6.49. The first-order chi connectivity index (χ1) is 10.1. The predicted octanol–water partition coefficient (Wildman–Crippen LogP) is 4.45. The molecule has 4 heteroatoms. The summed E-state index contributed by atoms with van der Waals surface area (Å²) in [6.45, 7) is 2.97. The summed E-state index contributed by atoms with van der Waals surface area (Å²) < 4.78 is 17.0. The van der Waals surface area contributed by atoms with E-state index in [-0.39, 0.29) is 5.60 Å². The van der Waals surface area contributed by atoms with Crippen molar-refractivity contribution in [3.8, 4) is 11.5 Å². The van der Waals surface area contributed by atoms with Crippen molar-refractivity contribution in [3.63, 3.8) is 0 Å². The zero-order valence-electron chi connectivity index (χ0n) is 13.2. The van der Waals surface area contributed by atoms with Gasteiger partial charge in [0.15, 0.2) is 11.5 Å². The zero-order valence-corrected chi connectivity index (χ0v) is 14.8. The predicted molar refractivity (Wildman–Crippen MR) is 88.8 cm³/mol. The Morgan fingerprint density at radius 1 is 1.14 bits per heavy atom. The Balaban J connectivity index is 2.24. The number of hydrogen-bond acceptors (Lipinski definition) is 3. The molecule has 118 valence electrons. The normalized spacial score (nSPS) is 21.0. The van der Waals surface area contributed by atoms with Crippen molar-refractivity contribution in [3.05, 3.63) is 23.3 Å². The number of hydrogen-bond donors (Lipinski definition) is 0. The van der Waals surface area contributed by atoms with Crippen molar-refractivity contribution in [2.45, 2.75) is 44.6 Å². The van der Waals surface area contributed by atoms with Crippen molar-refractivity contribution in [2.75, 3.05) is 26.2 Å². The molecule has 0 radical (unpaired) electrons. The molecule has 0 spiro atoms. The lowest BCUT2D eigenvalue weighted by Crippen LogP contribution is -2.32. The molecule has 1 aromatic rings. The van der Waals surface area contributed by atoms with Gasteiger partial charge < -0.3 is 14.2 Å². The summed E-state index contributed by atoms with van der Waals surface area (Å²) in [5, 5.41) is 1.08. The van der Waals surface area contributed by atoms with E-state index in [1.54, 1.807) is 14.2 Å². The molecule has 0 aliphatic carbocycles. The van der Waals surface area contributed by atoms with Crippen LogP contribution in [0.4, 0.5) is 0 Å². The summed E-state index contributed by atoms with van der Waals surface area (Å²) in [6, 6.07) is 4.20. The number of methoxy groups -OCH3 is 2. The number of benzene rings is 1. The highest BCUT2D eigenvalue weighted by molar-refractivity contribution is 9.09. The summed E-state index contributed by atoms with van der Waals surface area (Å²) >= 11 is 3.49. The van der Waals surface area contributed by atoms with Crippen LogP contribution in [0.25, 0.3) is 0 Å². The summed E-state index contributed by atoms with van der Waals surface area (Å²) in [5.41, 5.74) is 2.37. The third kappa shape index (κ3) is 3.72. The molecule has 0 amide bonds. The smallest absolute Gasteiger partial charge is 0.161 e. The van der Waals surface area contributed by atoms with Crippen molar-refractivity contribution in [1.29, 1.82) is 0 Å². The van der Waals surface area contributed by atoms with Crippen LogP contribution in [0.2, 0.25) is 0 Å². The molecule has 0 N–H and O–H groups in total. The fourth-order valence-electron chi connectivity index (χ4n) is 3.02. The molecule has 0 saturated heterocycles. The summed E-state index contributed by atoms with van der Waals surface area (Å²) in [7, 11) is 3.37. The molecule has 1 aliphatic heterocycles. The zero-order chi connectivity index (χ0) is 15.3. The van der Waals surface area contributed by atoms with Crippen LogP contribution in [0.15, 0.2) is 12.1 Å². The molecule has 21 heavy (non-hydrogen) atoms. The Hall–Kier alpha value is -0.740. The average molecular weight is 357 g/mol. The maximum Gasteiger partial charge on any atom is 0.161 e. The van der Waals surface area contributed by atoms with Gasteiger partial charge in [-0.2, -0.15) is 0 Å². The van der Waals surface area contributed by atoms with E-state index >= 15 is 0 Å². The highest BCUT2D eigenvalue weighted by Crippen LogP contribution is 2.42. The van der Waals surface area contributed by atoms with Gasteiger partial charge in [-0.1, -0.05) is 28.8 Å². The molecule has 0 saturated carbocycles. The molecule has 1 aliphatic rings. The highest BCUT2D eigenvalue weighted by atomic mass is 79.9. The van der Waals surface area contributed by atoms with E-state index in [1.807, 2.05) is 0 Å². The van der Waals surface area contributed by atoms with Crippen LogP contribution in [0.1, 0.15) is 43.7 Å². The van der Waals surface area contributed by atoms with Crippen molar-refractivity contribution >= 4 is 15.9 Å². The minimum absolute atomic E-state index is 0.209. The minimum Gasteiger partial charge on any atom is -0.493 e. The molecule has 0 aromatic heterocycles. The second-order valence-electron chi connectivity index (χ2n) is 5.69. The van der Waals surface area contributed by atoms with E-state index < -0.39 is 0 Å². The van der Waals surface area contributed by atoms with E-state index in [1.165, 1.54) is 30.4 Å². The lowest BCUT2D eigenvalue weighted by Gasteiger charge is -2.37. The van der Waals surface area contributed by atoms with E-state index in [0.29, 0.717) is 0 Å². The largest absolute Gasteiger partial charge is 0.493 e. The van der Waals surface area contributed by atoms with E-state index in [9.17, 15) is 0 Å².